The molecule has 1 fully saturated rings. The topological polar surface area (TPSA) is 120 Å². The monoisotopic (exact) mass is 373 g/mol. The number of hydrogen-bond acceptors (Lipinski definition) is 7. The van der Waals surface area contributed by atoms with Crippen molar-refractivity contribution >= 4 is 17.6 Å². The van der Waals surface area contributed by atoms with Crippen LogP contribution in [-0.2, 0) is 9.53 Å². The molecule has 0 aliphatic carbocycles. The van der Waals surface area contributed by atoms with Crippen molar-refractivity contribution in [3.63, 3.8) is 0 Å². The van der Waals surface area contributed by atoms with Gasteiger partial charge in [-0.25, -0.2) is 9.67 Å². The number of rotatable bonds is 5. The van der Waals surface area contributed by atoms with Crippen LogP contribution in [0.5, 0.6) is 0 Å². The van der Waals surface area contributed by atoms with E-state index in [1.165, 1.54) is 35.5 Å². The van der Waals surface area contributed by atoms with E-state index in [0.29, 0.717) is 26.0 Å². The molecule has 10 heteroatoms. The zero-order valence-corrected chi connectivity index (χ0v) is 14.8. The largest absolute Gasteiger partial charge is 0.466 e. The van der Waals surface area contributed by atoms with Crippen LogP contribution in [0.3, 0.4) is 0 Å². The molecule has 1 amide bonds. The van der Waals surface area contributed by atoms with Gasteiger partial charge in [0.15, 0.2) is 0 Å². The predicted octanol–water partition coefficient (Wildman–Crippen LogP) is 1.59. The van der Waals surface area contributed by atoms with Gasteiger partial charge >= 0.3 is 5.97 Å². The maximum absolute atomic E-state index is 12.8. The average Bonchev–Trinajstić information content (AvgIpc) is 3.22. The summed E-state index contributed by atoms with van der Waals surface area (Å²) in [6.07, 6.45) is 3.95. The van der Waals surface area contributed by atoms with Crippen LogP contribution in [0.15, 0.2) is 30.9 Å². The molecule has 0 spiro atoms. The van der Waals surface area contributed by atoms with Gasteiger partial charge in [-0.1, -0.05) is 0 Å². The van der Waals surface area contributed by atoms with E-state index in [-0.39, 0.29) is 41.3 Å². The molecule has 0 N–H and O–H groups in total. The summed E-state index contributed by atoms with van der Waals surface area (Å²) in [4.78, 5) is 41.0. The maximum atomic E-state index is 12.8. The van der Waals surface area contributed by atoms with E-state index in [1.807, 2.05) is 0 Å². The SMILES string of the molecule is CCOC(=O)[C@H]1CCCN(C(=O)c2ccc(-n3cncn3)c([N+](=O)[O-])c2)C1. The summed E-state index contributed by atoms with van der Waals surface area (Å²) < 4.78 is 6.31. The Hall–Kier alpha value is -3.30. The lowest BCUT2D eigenvalue weighted by atomic mass is 9.97. The van der Waals surface area contributed by atoms with Crippen LogP contribution in [0, 0.1) is 16.0 Å². The number of benzene rings is 1. The Kier molecular flexibility index (Phi) is 5.43. The number of nitro benzene ring substituents is 1. The highest BCUT2D eigenvalue weighted by Crippen LogP contribution is 2.26. The van der Waals surface area contributed by atoms with Crippen molar-refractivity contribution in [1.29, 1.82) is 0 Å². The van der Waals surface area contributed by atoms with Crippen molar-refractivity contribution in [1.82, 2.24) is 19.7 Å². The van der Waals surface area contributed by atoms with Crippen molar-refractivity contribution in [2.75, 3.05) is 19.7 Å². The van der Waals surface area contributed by atoms with Gasteiger partial charge in [0.2, 0.25) is 0 Å². The average molecular weight is 373 g/mol. The lowest BCUT2D eigenvalue weighted by molar-refractivity contribution is -0.384. The molecule has 0 bridgehead atoms. The second kappa shape index (κ2) is 7.94. The fourth-order valence-corrected chi connectivity index (χ4v) is 3.13. The van der Waals surface area contributed by atoms with E-state index >= 15 is 0 Å². The molecular weight excluding hydrogens is 354 g/mol. The molecule has 1 aliphatic heterocycles. The number of nitrogens with zero attached hydrogens (tertiary/aromatic N) is 5. The van der Waals surface area contributed by atoms with E-state index in [2.05, 4.69) is 10.1 Å². The highest BCUT2D eigenvalue weighted by Gasteiger charge is 2.30. The molecule has 1 aromatic heterocycles. The van der Waals surface area contributed by atoms with Gasteiger partial charge in [0.05, 0.1) is 17.4 Å². The van der Waals surface area contributed by atoms with Crippen LogP contribution in [-0.4, -0.2) is 56.2 Å². The molecular formula is C17H19N5O5. The normalized spacial score (nSPS) is 16.8. The number of likely N-dealkylation sites (tertiary alicyclic amines) is 1. The summed E-state index contributed by atoms with van der Waals surface area (Å²) in [6, 6.07) is 4.21. The van der Waals surface area contributed by atoms with Gasteiger partial charge in [-0.05, 0) is 31.9 Å². The smallest absolute Gasteiger partial charge is 0.310 e. The second-order valence-corrected chi connectivity index (χ2v) is 6.14. The molecule has 2 heterocycles. The summed E-state index contributed by atoms with van der Waals surface area (Å²) in [7, 11) is 0. The number of amides is 1. The minimum absolute atomic E-state index is 0.190. The summed E-state index contributed by atoms with van der Waals surface area (Å²) in [6.45, 7) is 2.77. The Labute approximate surface area is 154 Å². The molecule has 2 aromatic rings. The van der Waals surface area contributed by atoms with Crippen LogP contribution in [0.1, 0.15) is 30.1 Å². The highest BCUT2D eigenvalue weighted by atomic mass is 16.6. The molecule has 27 heavy (non-hydrogen) atoms. The van der Waals surface area contributed by atoms with Gasteiger partial charge in [-0.15, -0.1) is 0 Å². The van der Waals surface area contributed by atoms with E-state index in [4.69, 9.17) is 4.74 Å². The standard InChI is InChI=1S/C17H19N5O5/c1-2-27-17(24)13-4-3-7-20(9-13)16(23)12-5-6-14(15(8-12)22(25)26)21-11-18-10-19-21/h5-6,8,10-11,13H,2-4,7,9H2,1H3/t13-/m0/s1. The van der Waals surface area contributed by atoms with Gasteiger partial charge in [0.1, 0.15) is 18.3 Å². The maximum Gasteiger partial charge on any atom is 0.310 e. The molecule has 0 unspecified atom stereocenters. The van der Waals surface area contributed by atoms with Crippen molar-refractivity contribution in [3.8, 4) is 5.69 Å². The third kappa shape index (κ3) is 3.94. The quantitative estimate of drug-likeness (QED) is 0.443. The van der Waals surface area contributed by atoms with E-state index < -0.39 is 4.92 Å². The number of carbonyl (C=O) groups excluding carboxylic acids is 2. The minimum atomic E-state index is -0.564. The second-order valence-electron chi connectivity index (χ2n) is 6.14. The van der Waals surface area contributed by atoms with E-state index in [9.17, 15) is 19.7 Å². The van der Waals surface area contributed by atoms with Crippen molar-refractivity contribution < 1.29 is 19.2 Å². The summed E-state index contributed by atoms with van der Waals surface area (Å²) in [5.41, 5.74) is 0.164. The zero-order valence-electron chi connectivity index (χ0n) is 14.8. The number of carbonyl (C=O) groups is 2. The van der Waals surface area contributed by atoms with E-state index in [1.54, 1.807) is 11.8 Å². The number of nitro groups is 1. The van der Waals surface area contributed by atoms with Crippen LogP contribution in [0.2, 0.25) is 0 Å². The Bertz CT molecular complexity index is 851. The zero-order chi connectivity index (χ0) is 19.4. The molecule has 1 aromatic carbocycles. The first-order chi connectivity index (χ1) is 13.0. The molecule has 0 saturated carbocycles. The van der Waals surface area contributed by atoms with Crippen molar-refractivity contribution in [2.45, 2.75) is 19.8 Å². The summed E-state index contributed by atoms with van der Waals surface area (Å²) >= 11 is 0. The first-order valence-electron chi connectivity index (χ1n) is 8.60. The lowest BCUT2D eigenvalue weighted by Gasteiger charge is -2.31. The summed E-state index contributed by atoms with van der Waals surface area (Å²) in [5, 5.41) is 15.3. The van der Waals surface area contributed by atoms with Gasteiger partial charge in [0.25, 0.3) is 11.6 Å². The number of hydrogen-bond donors (Lipinski definition) is 0. The molecule has 0 radical (unpaired) electrons. The van der Waals surface area contributed by atoms with Crippen LogP contribution < -0.4 is 0 Å². The Morgan fingerprint density at radius 3 is 2.89 bits per heavy atom. The fourth-order valence-electron chi connectivity index (χ4n) is 3.13. The third-order valence-electron chi connectivity index (χ3n) is 4.41. The minimum Gasteiger partial charge on any atom is -0.466 e. The van der Waals surface area contributed by atoms with Crippen molar-refractivity contribution in [2.24, 2.45) is 5.92 Å². The molecule has 1 atom stereocenters. The Balaban J connectivity index is 1.83. The molecule has 142 valence electrons. The Morgan fingerprint density at radius 1 is 1.41 bits per heavy atom. The number of esters is 1. The number of ether oxygens (including phenoxy) is 1. The van der Waals surface area contributed by atoms with Gasteiger partial charge in [0, 0.05) is 24.7 Å². The van der Waals surface area contributed by atoms with Crippen LogP contribution >= 0.6 is 0 Å². The first kappa shape index (κ1) is 18.5. The molecule has 1 aliphatic rings. The number of piperidine rings is 1. The molecule has 1 saturated heterocycles. The number of aromatic nitrogens is 3. The first-order valence-corrected chi connectivity index (χ1v) is 8.60. The molecule has 3 rings (SSSR count). The third-order valence-corrected chi connectivity index (χ3v) is 4.41. The predicted molar refractivity (Wildman–Crippen MR) is 93.3 cm³/mol. The van der Waals surface area contributed by atoms with Gasteiger partial charge in [-0.3, -0.25) is 19.7 Å². The van der Waals surface area contributed by atoms with Crippen LogP contribution in [0.25, 0.3) is 5.69 Å². The van der Waals surface area contributed by atoms with Gasteiger partial charge < -0.3 is 9.64 Å². The summed E-state index contributed by atoms with van der Waals surface area (Å²) in [5.74, 6) is -1.04. The molecule has 10 nitrogen and oxygen atoms in total. The fraction of sp³-hybridized carbons (Fsp3) is 0.412. The van der Waals surface area contributed by atoms with Crippen molar-refractivity contribution in [3.05, 3.63) is 46.5 Å². The van der Waals surface area contributed by atoms with Crippen LogP contribution in [0.4, 0.5) is 5.69 Å². The van der Waals surface area contributed by atoms with E-state index in [0.717, 1.165) is 0 Å². The Morgan fingerprint density at radius 2 is 2.22 bits per heavy atom. The highest BCUT2D eigenvalue weighted by molar-refractivity contribution is 5.95. The van der Waals surface area contributed by atoms with Gasteiger partial charge in [-0.2, -0.15) is 5.10 Å². The lowest BCUT2D eigenvalue weighted by Crippen LogP contribution is -2.42.